The van der Waals surface area contributed by atoms with Gasteiger partial charge in [0.2, 0.25) is 5.88 Å². The average molecular weight is 271 g/mol. The van der Waals surface area contributed by atoms with Crippen molar-refractivity contribution < 1.29 is 4.74 Å². The SMILES string of the molecule is CCOc1cc(NC(C)c2ccccc2)nc(CC)n1. The normalized spacial score (nSPS) is 11.9. The minimum absolute atomic E-state index is 0.185. The van der Waals surface area contributed by atoms with E-state index in [1.807, 2.05) is 38.1 Å². The maximum Gasteiger partial charge on any atom is 0.218 e. The molecule has 4 nitrogen and oxygen atoms in total. The molecule has 1 aromatic carbocycles. The van der Waals surface area contributed by atoms with Gasteiger partial charge in [0, 0.05) is 18.5 Å². The maximum absolute atomic E-state index is 5.49. The van der Waals surface area contributed by atoms with E-state index in [2.05, 4.69) is 34.3 Å². The van der Waals surface area contributed by atoms with Gasteiger partial charge in [-0.15, -0.1) is 0 Å². The Kier molecular flexibility index (Phi) is 4.93. The van der Waals surface area contributed by atoms with Gasteiger partial charge in [0.05, 0.1) is 6.61 Å². The molecule has 0 aliphatic heterocycles. The summed E-state index contributed by atoms with van der Waals surface area (Å²) < 4.78 is 5.49. The van der Waals surface area contributed by atoms with Gasteiger partial charge in [-0.3, -0.25) is 0 Å². The number of nitrogens with one attached hydrogen (secondary N) is 1. The molecular formula is C16H21N3O. The predicted octanol–water partition coefficient (Wildman–Crippen LogP) is 3.61. The number of rotatable bonds is 6. The minimum atomic E-state index is 0.185. The molecule has 1 heterocycles. The minimum Gasteiger partial charge on any atom is -0.478 e. The molecule has 2 aromatic rings. The van der Waals surface area contributed by atoms with Crippen molar-refractivity contribution in [2.75, 3.05) is 11.9 Å². The number of aromatic nitrogens is 2. The second-order valence-electron chi connectivity index (χ2n) is 4.57. The van der Waals surface area contributed by atoms with Crippen LogP contribution in [-0.4, -0.2) is 16.6 Å². The van der Waals surface area contributed by atoms with Crippen LogP contribution in [0.15, 0.2) is 36.4 Å². The third-order valence-electron chi connectivity index (χ3n) is 3.02. The molecule has 1 aromatic heterocycles. The standard InChI is InChI=1S/C16H21N3O/c1-4-14-18-15(11-16(19-14)20-5-2)17-12(3)13-9-7-6-8-10-13/h6-12H,4-5H2,1-3H3,(H,17,18,19). The fourth-order valence-electron chi connectivity index (χ4n) is 1.97. The highest BCUT2D eigenvalue weighted by Gasteiger charge is 2.08. The Balaban J connectivity index is 2.17. The zero-order valence-electron chi connectivity index (χ0n) is 12.3. The van der Waals surface area contributed by atoms with Crippen molar-refractivity contribution in [1.82, 2.24) is 9.97 Å². The number of anilines is 1. The van der Waals surface area contributed by atoms with Crippen LogP contribution < -0.4 is 10.1 Å². The van der Waals surface area contributed by atoms with Crippen LogP contribution in [0.2, 0.25) is 0 Å². The number of hydrogen-bond donors (Lipinski definition) is 1. The van der Waals surface area contributed by atoms with Gasteiger partial charge in [0.25, 0.3) is 0 Å². The van der Waals surface area contributed by atoms with Gasteiger partial charge < -0.3 is 10.1 Å². The van der Waals surface area contributed by atoms with E-state index in [0.717, 1.165) is 18.1 Å². The van der Waals surface area contributed by atoms with E-state index in [1.165, 1.54) is 5.56 Å². The fraction of sp³-hybridized carbons (Fsp3) is 0.375. The van der Waals surface area contributed by atoms with Gasteiger partial charge in [-0.25, -0.2) is 4.98 Å². The molecule has 1 atom stereocenters. The number of aryl methyl sites for hydroxylation is 1. The third kappa shape index (κ3) is 3.70. The molecule has 1 N–H and O–H groups in total. The molecule has 0 fully saturated rings. The second kappa shape index (κ2) is 6.89. The highest BCUT2D eigenvalue weighted by molar-refractivity contribution is 5.41. The smallest absolute Gasteiger partial charge is 0.218 e. The van der Waals surface area contributed by atoms with Gasteiger partial charge in [-0.1, -0.05) is 37.3 Å². The number of nitrogens with zero attached hydrogens (tertiary/aromatic N) is 2. The van der Waals surface area contributed by atoms with Gasteiger partial charge in [-0.2, -0.15) is 4.98 Å². The highest BCUT2D eigenvalue weighted by atomic mass is 16.5. The van der Waals surface area contributed by atoms with Gasteiger partial charge >= 0.3 is 0 Å². The van der Waals surface area contributed by atoms with Crippen molar-refractivity contribution in [2.45, 2.75) is 33.2 Å². The average Bonchev–Trinajstić information content (AvgIpc) is 2.48. The van der Waals surface area contributed by atoms with E-state index in [-0.39, 0.29) is 6.04 Å². The molecule has 0 saturated carbocycles. The molecule has 0 saturated heterocycles. The van der Waals surface area contributed by atoms with E-state index in [1.54, 1.807) is 0 Å². The van der Waals surface area contributed by atoms with Crippen molar-refractivity contribution in [3.05, 3.63) is 47.8 Å². The predicted molar refractivity (Wildman–Crippen MR) is 81.1 cm³/mol. The molecule has 106 valence electrons. The number of ether oxygens (including phenoxy) is 1. The number of hydrogen-bond acceptors (Lipinski definition) is 4. The zero-order valence-corrected chi connectivity index (χ0v) is 12.3. The summed E-state index contributed by atoms with van der Waals surface area (Å²) in [6.07, 6.45) is 0.787. The molecule has 0 aliphatic carbocycles. The molecule has 0 spiro atoms. The van der Waals surface area contributed by atoms with Gasteiger partial charge in [0.1, 0.15) is 11.6 Å². The summed E-state index contributed by atoms with van der Waals surface area (Å²) in [6.45, 7) is 6.71. The number of benzene rings is 1. The molecule has 0 aliphatic rings. The van der Waals surface area contributed by atoms with Crippen molar-refractivity contribution in [3.63, 3.8) is 0 Å². The lowest BCUT2D eigenvalue weighted by Gasteiger charge is -2.16. The monoisotopic (exact) mass is 271 g/mol. The molecule has 0 radical (unpaired) electrons. The fourth-order valence-corrected chi connectivity index (χ4v) is 1.97. The van der Waals surface area contributed by atoms with Crippen LogP contribution in [0, 0.1) is 0 Å². The van der Waals surface area contributed by atoms with Crippen LogP contribution in [0.5, 0.6) is 5.88 Å². The summed E-state index contributed by atoms with van der Waals surface area (Å²) in [4.78, 5) is 8.85. The molecule has 0 amide bonds. The van der Waals surface area contributed by atoms with Crippen LogP contribution in [0.4, 0.5) is 5.82 Å². The van der Waals surface area contributed by atoms with Crippen molar-refractivity contribution in [2.24, 2.45) is 0 Å². The van der Waals surface area contributed by atoms with Crippen LogP contribution in [0.25, 0.3) is 0 Å². The molecule has 1 unspecified atom stereocenters. The quantitative estimate of drug-likeness (QED) is 0.872. The highest BCUT2D eigenvalue weighted by Crippen LogP contribution is 2.20. The summed E-state index contributed by atoms with van der Waals surface area (Å²) in [6, 6.07) is 12.3. The van der Waals surface area contributed by atoms with Crippen molar-refractivity contribution >= 4 is 5.82 Å². The lowest BCUT2D eigenvalue weighted by atomic mass is 10.1. The van der Waals surface area contributed by atoms with E-state index in [4.69, 9.17) is 4.74 Å². The van der Waals surface area contributed by atoms with Crippen LogP contribution in [0.1, 0.15) is 38.2 Å². The summed E-state index contributed by atoms with van der Waals surface area (Å²) in [5.41, 5.74) is 1.22. The Hall–Kier alpha value is -2.10. The second-order valence-corrected chi connectivity index (χ2v) is 4.57. The van der Waals surface area contributed by atoms with Crippen LogP contribution in [0.3, 0.4) is 0 Å². The first-order chi connectivity index (χ1) is 9.72. The Morgan fingerprint density at radius 2 is 1.90 bits per heavy atom. The van der Waals surface area contributed by atoms with Gasteiger partial charge in [0.15, 0.2) is 0 Å². The van der Waals surface area contributed by atoms with Crippen molar-refractivity contribution in [3.8, 4) is 5.88 Å². The summed E-state index contributed by atoms with van der Waals surface area (Å²) in [5.74, 6) is 2.22. The Bertz CT molecular complexity index is 543. The van der Waals surface area contributed by atoms with E-state index >= 15 is 0 Å². The first kappa shape index (κ1) is 14.3. The molecule has 20 heavy (non-hydrogen) atoms. The lowest BCUT2D eigenvalue weighted by Crippen LogP contribution is -2.10. The molecule has 2 rings (SSSR count). The van der Waals surface area contributed by atoms with Gasteiger partial charge in [-0.05, 0) is 19.4 Å². The largest absolute Gasteiger partial charge is 0.478 e. The van der Waals surface area contributed by atoms with Crippen LogP contribution >= 0.6 is 0 Å². The lowest BCUT2D eigenvalue weighted by molar-refractivity contribution is 0.325. The topological polar surface area (TPSA) is 47.0 Å². The third-order valence-corrected chi connectivity index (χ3v) is 3.02. The van der Waals surface area contributed by atoms with Crippen LogP contribution in [-0.2, 0) is 6.42 Å². The Morgan fingerprint density at radius 3 is 2.55 bits per heavy atom. The first-order valence-corrected chi connectivity index (χ1v) is 7.05. The Morgan fingerprint density at radius 1 is 1.15 bits per heavy atom. The van der Waals surface area contributed by atoms with E-state index in [9.17, 15) is 0 Å². The summed E-state index contributed by atoms with van der Waals surface area (Å²) >= 11 is 0. The molecule has 0 bridgehead atoms. The zero-order chi connectivity index (χ0) is 14.4. The molecule has 4 heteroatoms. The summed E-state index contributed by atoms with van der Waals surface area (Å²) in [5, 5.41) is 3.40. The Labute approximate surface area is 120 Å². The van der Waals surface area contributed by atoms with Crippen molar-refractivity contribution in [1.29, 1.82) is 0 Å². The molecular weight excluding hydrogens is 250 g/mol. The first-order valence-electron chi connectivity index (χ1n) is 7.05. The maximum atomic E-state index is 5.49. The van der Waals surface area contributed by atoms with E-state index < -0.39 is 0 Å². The summed E-state index contributed by atoms with van der Waals surface area (Å²) in [7, 11) is 0. The van der Waals surface area contributed by atoms with E-state index in [0.29, 0.717) is 12.5 Å².